The van der Waals surface area contributed by atoms with Gasteiger partial charge in [-0.3, -0.25) is 14.8 Å². The molecule has 9 heteroatoms. The van der Waals surface area contributed by atoms with E-state index in [1.807, 2.05) is 24.3 Å². The summed E-state index contributed by atoms with van der Waals surface area (Å²) in [6.07, 6.45) is 1.46. The molecule has 0 atom stereocenters. The van der Waals surface area contributed by atoms with Gasteiger partial charge in [0.1, 0.15) is 21.7 Å². The number of halogens is 1. The highest BCUT2D eigenvalue weighted by Gasteiger charge is 2.28. The monoisotopic (exact) mass is 417 g/mol. The second-order valence-corrected chi connectivity index (χ2v) is 6.45. The van der Waals surface area contributed by atoms with Crippen molar-refractivity contribution in [3.8, 4) is 17.0 Å². The summed E-state index contributed by atoms with van der Waals surface area (Å²) >= 11 is 3.29. The molecule has 2 heterocycles. The van der Waals surface area contributed by atoms with Crippen LogP contribution < -0.4 is 10.5 Å². The number of nitro groups is 1. The van der Waals surface area contributed by atoms with Crippen LogP contribution in [-0.2, 0) is 6.54 Å². The van der Waals surface area contributed by atoms with Gasteiger partial charge in [-0.2, -0.15) is 5.10 Å². The van der Waals surface area contributed by atoms with Crippen LogP contribution in [0.4, 0.5) is 11.4 Å². The fourth-order valence-corrected chi connectivity index (χ4v) is 3.05. The standard InChI is InChI=1S/C17H16BrN5O3/c1-10-16(23(24)25)17(13-7-15(18)20-8-14(13)19)22(21-10)9-11-3-5-12(26-2)6-4-11/h3-8H,9,19H2,1-2H3. The van der Waals surface area contributed by atoms with E-state index < -0.39 is 4.92 Å². The van der Waals surface area contributed by atoms with Crippen molar-refractivity contribution in [3.05, 3.63) is 62.5 Å². The molecule has 0 fully saturated rings. The minimum Gasteiger partial charge on any atom is -0.497 e. The van der Waals surface area contributed by atoms with E-state index >= 15 is 0 Å². The maximum absolute atomic E-state index is 11.6. The number of hydrogen-bond acceptors (Lipinski definition) is 6. The average molecular weight is 418 g/mol. The molecule has 0 amide bonds. The van der Waals surface area contributed by atoms with Gasteiger partial charge in [0.2, 0.25) is 0 Å². The van der Waals surface area contributed by atoms with E-state index in [-0.39, 0.29) is 5.69 Å². The van der Waals surface area contributed by atoms with E-state index in [0.717, 1.165) is 11.3 Å². The number of hydrogen-bond donors (Lipinski definition) is 1. The molecular formula is C17H16BrN5O3. The van der Waals surface area contributed by atoms with E-state index in [9.17, 15) is 10.1 Å². The molecule has 134 valence electrons. The highest BCUT2D eigenvalue weighted by molar-refractivity contribution is 9.10. The Bertz CT molecular complexity index is 969. The lowest BCUT2D eigenvalue weighted by Gasteiger charge is -2.10. The van der Waals surface area contributed by atoms with E-state index in [0.29, 0.717) is 33.8 Å². The summed E-state index contributed by atoms with van der Waals surface area (Å²) in [4.78, 5) is 15.3. The van der Waals surface area contributed by atoms with E-state index in [2.05, 4.69) is 26.0 Å². The van der Waals surface area contributed by atoms with Crippen LogP contribution in [0.5, 0.6) is 5.75 Å². The lowest BCUT2D eigenvalue weighted by atomic mass is 10.1. The molecule has 0 aliphatic rings. The Hall–Kier alpha value is -2.94. The van der Waals surface area contributed by atoms with Gasteiger partial charge in [-0.25, -0.2) is 4.98 Å². The van der Waals surface area contributed by atoms with Crippen molar-refractivity contribution in [2.24, 2.45) is 0 Å². The van der Waals surface area contributed by atoms with Gasteiger partial charge >= 0.3 is 5.69 Å². The van der Waals surface area contributed by atoms with Crippen LogP contribution in [0, 0.1) is 17.0 Å². The summed E-state index contributed by atoms with van der Waals surface area (Å²) < 4.78 is 7.28. The molecular weight excluding hydrogens is 402 g/mol. The topological polar surface area (TPSA) is 109 Å². The van der Waals surface area contributed by atoms with Crippen LogP contribution in [0.2, 0.25) is 0 Å². The SMILES string of the molecule is COc1ccc(Cn2nc(C)c([N+](=O)[O-])c2-c2cc(Br)ncc2N)cc1. The summed E-state index contributed by atoms with van der Waals surface area (Å²) in [6, 6.07) is 9.09. The summed E-state index contributed by atoms with van der Waals surface area (Å²) in [7, 11) is 1.59. The van der Waals surface area contributed by atoms with Gasteiger partial charge in [0.15, 0.2) is 0 Å². The Morgan fingerprint density at radius 3 is 2.65 bits per heavy atom. The molecule has 0 saturated carbocycles. The summed E-state index contributed by atoms with van der Waals surface area (Å²) in [5.41, 5.74) is 8.42. The normalized spacial score (nSPS) is 10.7. The maximum atomic E-state index is 11.6. The zero-order valence-electron chi connectivity index (χ0n) is 14.1. The van der Waals surface area contributed by atoms with Crippen molar-refractivity contribution in [2.45, 2.75) is 13.5 Å². The number of rotatable bonds is 5. The third kappa shape index (κ3) is 3.38. The second kappa shape index (κ2) is 7.12. The molecule has 0 spiro atoms. The molecule has 3 rings (SSSR count). The molecule has 2 aromatic heterocycles. The van der Waals surface area contributed by atoms with Crippen molar-refractivity contribution in [1.29, 1.82) is 0 Å². The van der Waals surface area contributed by atoms with Crippen LogP contribution >= 0.6 is 15.9 Å². The van der Waals surface area contributed by atoms with Crippen LogP contribution in [0.25, 0.3) is 11.3 Å². The predicted molar refractivity (Wildman–Crippen MR) is 101 cm³/mol. The van der Waals surface area contributed by atoms with Crippen molar-refractivity contribution in [3.63, 3.8) is 0 Å². The zero-order valence-corrected chi connectivity index (χ0v) is 15.7. The third-order valence-electron chi connectivity index (χ3n) is 3.93. The second-order valence-electron chi connectivity index (χ2n) is 5.64. The molecule has 2 N–H and O–H groups in total. The zero-order chi connectivity index (χ0) is 18.8. The number of ether oxygens (including phenoxy) is 1. The highest BCUT2D eigenvalue weighted by Crippen LogP contribution is 2.37. The highest BCUT2D eigenvalue weighted by atomic mass is 79.9. The van der Waals surface area contributed by atoms with Crippen molar-refractivity contribution < 1.29 is 9.66 Å². The van der Waals surface area contributed by atoms with Gasteiger partial charge in [-0.1, -0.05) is 12.1 Å². The Morgan fingerprint density at radius 2 is 2.04 bits per heavy atom. The number of nitrogens with zero attached hydrogens (tertiary/aromatic N) is 4. The largest absolute Gasteiger partial charge is 0.497 e. The molecule has 1 aromatic carbocycles. The van der Waals surface area contributed by atoms with Gasteiger partial charge in [-0.15, -0.1) is 0 Å². The lowest BCUT2D eigenvalue weighted by Crippen LogP contribution is -2.06. The van der Waals surface area contributed by atoms with E-state index in [1.165, 1.54) is 6.20 Å². The number of nitrogens with two attached hydrogens (primary N) is 1. The molecule has 3 aromatic rings. The molecule has 0 bridgehead atoms. The Balaban J connectivity index is 2.14. The number of nitrogen functional groups attached to an aromatic ring is 1. The number of aryl methyl sites for hydroxylation is 1. The first-order valence-electron chi connectivity index (χ1n) is 7.66. The van der Waals surface area contributed by atoms with E-state index in [4.69, 9.17) is 10.5 Å². The third-order valence-corrected chi connectivity index (χ3v) is 4.36. The minimum atomic E-state index is -0.435. The minimum absolute atomic E-state index is 0.0664. The van der Waals surface area contributed by atoms with Crippen LogP contribution in [0.15, 0.2) is 41.1 Å². The number of aromatic nitrogens is 3. The molecule has 26 heavy (non-hydrogen) atoms. The first kappa shape index (κ1) is 17.9. The van der Waals surface area contributed by atoms with Gasteiger partial charge in [0, 0.05) is 5.56 Å². The number of benzene rings is 1. The molecule has 8 nitrogen and oxygen atoms in total. The number of anilines is 1. The van der Waals surface area contributed by atoms with E-state index in [1.54, 1.807) is 24.8 Å². The van der Waals surface area contributed by atoms with Crippen molar-refractivity contribution in [2.75, 3.05) is 12.8 Å². The smallest absolute Gasteiger partial charge is 0.317 e. The Kier molecular flexibility index (Phi) is 4.90. The average Bonchev–Trinajstić information content (AvgIpc) is 2.93. The van der Waals surface area contributed by atoms with Gasteiger partial charge in [0.05, 0.1) is 30.5 Å². The number of pyridine rings is 1. The fourth-order valence-electron chi connectivity index (χ4n) is 2.72. The summed E-state index contributed by atoms with van der Waals surface area (Å²) in [5, 5.41) is 16.0. The van der Waals surface area contributed by atoms with Crippen LogP contribution in [0.3, 0.4) is 0 Å². The van der Waals surface area contributed by atoms with Gasteiger partial charge in [0.25, 0.3) is 0 Å². The molecule has 0 unspecified atom stereocenters. The first-order valence-corrected chi connectivity index (χ1v) is 8.46. The van der Waals surface area contributed by atoms with Gasteiger partial charge < -0.3 is 10.5 Å². The quantitative estimate of drug-likeness (QED) is 0.386. The molecule has 0 aliphatic heterocycles. The fraction of sp³-hybridized carbons (Fsp3) is 0.176. The molecule has 0 aliphatic carbocycles. The van der Waals surface area contributed by atoms with Crippen LogP contribution in [-0.4, -0.2) is 26.8 Å². The van der Waals surface area contributed by atoms with Crippen LogP contribution in [0.1, 0.15) is 11.3 Å². The molecule has 0 radical (unpaired) electrons. The Labute approximate surface area is 157 Å². The number of methoxy groups -OCH3 is 1. The maximum Gasteiger partial charge on any atom is 0.317 e. The van der Waals surface area contributed by atoms with Crippen molar-refractivity contribution >= 4 is 27.3 Å². The summed E-state index contributed by atoms with van der Waals surface area (Å²) in [6.45, 7) is 1.96. The molecule has 0 saturated heterocycles. The summed E-state index contributed by atoms with van der Waals surface area (Å²) in [5.74, 6) is 0.735. The first-order chi connectivity index (χ1) is 12.4. The predicted octanol–water partition coefficient (Wildman–Crippen LogP) is 3.56. The lowest BCUT2D eigenvalue weighted by molar-refractivity contribution is -0.384. The Morgan fingerprint density at radius 1 is 1.35 bits per heavy atom. The van der Waals surface area contributed by atoms with Gasteiger partial charge in [-0.05, 0) is 46.6 Å². The van der Waals surface area contributed by atoms with Crippen molar-refractivity contribution in [1.82, 2.24) is 14.8 Å².